The summed E-state index contributed by atoms with van der Waals surface area (Å²) in [5.74, 6) is -0.759. The second-order valence-corrected chi connectivity index (χ2v) is 6.77. The molecular formula is C20H39NO2. The number of unbranched alkanes of at least 4 members (excludes halogenated alkanes) is 10. The Labute approximate surface area is 143 Å². The van der Waals surface area contributed by atoms with Gasteiger partial charge in [0, 0.05) is 0 Å². The average Bonchev–Trinajstić information content (AvgIpc) is 2.50. The molecule has 3 N–H and O–H groups in total. The lowest BCUT2D eigenvalue weighted by Crippen LogP contribution is -2.31. The quantitative estimate of drug-likeness (QED) is 0.306. The van der Waals surface area contributed by atoms with E-state index in [-0.39, 0.29) is 11.8 Å². The highest BCUT2D eigenvalue weighted by Crippen LogP contribution is 2.15. The number of nitrogens with two attached hydrogens (primary N) is 1. The number of aliphatic hydroxyl groups excluding tert-OH is 1. The Morgan fingerprint density at radius 3 is 1.87 bits per heavy atom. The molecule has 2 atom stereocenters. The number of carbonyl (C=O) groups excluding carboxylic acids is 1. The molecule has 23 heavy (non-hydrogen) atoms. The highest BCUT2D eigenvalue weighted by atomic mass is 16.3. The minimum atomic E-state index is -0.627. The average molecular weight is 326 g/mol. The highest BCUT2D eigenvalue weighted by molar-refractivity contribution is 5.77. The van der Waals surface area contributed by atoms with Crippen LogP contribution in [0, 0.1) is 5.92 Å². The number of aliphatic hydroxyl groups is 1. The zero-order valence-electron chi connectivity index (χ0n) is 15.4. The van der Waals surface area contributed by atoms with Crippen molar-refractivity contribution in [3.8, 4) is 0 Å². The summed E-state index contributed by atoms with van der Waals surface area (Å²) >= 11 is 0. The minimum absolute atomic E-state index is 0.377. The van der Waals surface area contributed by atoms with Crippen LogP contribution < -0.4 is 5.73 Å². The van der Waals surface area contributed by atoms with E-state index in [1.54, 1.807) is 6.92 Å². The molecule has 0 heterocycles. The Morgan fingerprint density at radius 2 is 1.39 bits per heavy atom. The molecule has 0 aliphatic rings. The van der Waals surface area contributed by atoms with E-state index >= 15 is 0 Å². The number of amides is 1. The lowest BCUT2D eigenvalue weighted by molar-refractivity contribution is -0.125. The van der Waals surface area contributed by atoms with E-state index in [2.05, 4.69) is 19.1 Å². The molecule has 0 aromatic heterocycles. The van der Waals surface area contributed by atoms with Gasteiger partial charge in [-0.2, -0.15) is 0 Å². The molecule has 3 heteroatoms. The zero-order chi connectivity index (χ0) is 17.3. The highest BCUT2D eigenvalue weighted by Gasteiger charge is 2.19. The third-order valence-electron chi connectivity index (χ3n) is 4.47. The number of carbonyl (C=O) groups is 1. The van der Waals surface area contributed by atoms with Crippen molar-refractivity contribution in [2.45, 2.75) is 103 Å². The molecule has 0 aromatic carbocycles. The van der Waals surface area contributed by atoms with Crippen LogP contribution in [0.25, 0.3) is 0 Å². The Kier molecular flexibility index (Phi) is 15.5. The zero-order valence-corrected chi connectivity index (χ0v) is 15.4. The van der Waals surface area contributed by atoms with Gasteiger partial charge in [-0.1, -0.05) is 70.4 Å². The lowest BCUT2D eigenvalue weighted by Gasteiger charge is -2.15. The fourth-order valence-electron chi connectivity index (χ4n) is 2.88. The molecule has 0 aliphatic carbocycles. The fourth-order valence-corrected chi connectivity index (χ4v) is 2.88. The van der Waals surface area contributed by atoms with Crippen LogP contribution in [0.2, 0.25) is 0 Å². The van der Waals surface area contributed by atoms with Gasteiger partial charge in [0.25, 0.3) is 0 Å². The fraction of sp³-hybridized carbons (Fsp3) is 0.850. The Morgan fingerprint density at radius 1 is 0.913 bits per heavy atom. The first-order valence-electron chi connectivity index (χ1n) is 9.72. The summed E-state index contributed by atoms with van der Waals surface area (Å²) in [6.45, 7) is 3.90. The van der Waals surface area contributed by atoms with Crippen molar-refractivity contribution in [2.75, 3.05) is 0 Å². The molecule has 3 nitrogen and oxygen atoms in total. The smallest absolute Gasteiger partial charge is 0.223 e. The number of rotatable bonds is 16. The van der Waals surface area contributed by atoms with Crippen molar-refractivity contribution in [3.63, 3.8) is 0 Å². The molecule has 1 amide bonds. The van der Waals surface area contributed by atoms with Crippen LogP contribution in [0.15, 0.2) is 12.2 Å². The molecule has 2 unspecified atom stereocenters. The second-order valence-electron chi connectivity index (χ2n) is 6.77. The Bertz CT molecular complexity index is 300. The van der Waals surface area contributed by atoms with Crippen LogP contribution in [0.5, 0.6) is 0 Å². The van der Waals surface area contributed by atoms with E-state index in [1.807, 2.05) is 0 Å². The summed E-state index contributed by atoms with van der Waals surface area (Å²) < 4.78 is 0. The summed E-state index contributed by atoms with van der Waals surface area (Å²) in [7, 11) is 0. The van der Waals surface area contributed by atoms with Crippen molar-refractivity contribution >= 4 is 5.91 Å². The summed E-state index contributed by atoms with van der Waals surface area (Å²) in [5, 5.41) is 9.48. The molecule has 136 valence electrons. The molecule has 0 spiro atoms. The molecule has 0 saturated carbocycles. The molecule has 0 aromatic rings. The van der Waals surface area contributed by atoms with Gasteiger partial charge in [0.2, 0.25) is 5.91 Å². The van der Waals surface area contributed by atoms with Crippen LogP contribution in [-0.4, -0.2) is 17.1 Å². The van der Waals surface area contributed by atoms with E-state index in [1.165, 1.54) is 57.8 Å². The van der Waals surface area contributed by atoms with Crippen molar-refractivity contribution in [2.24, 2.45) is 11.7 Å². The van der Waals surface area contributed by atoms with Gasteiger partial charge in [-0.15, -0.1) is 0 Å². The number of hydrogen-bond donors (Lipinski definition) is 2. The summed E-state index contributed by atoms with van der Waals surface area (Å²) in [5.41, 5.74) is 5.28. The number of allylic oxidation sites excluding steroid dienone is 2. The van der Waals surface area contributed by atoms with Crippen molar-refractivity contribution in [1.82, 2.24) is 0 Å². The van der Waals surface area contributed by atoms with Crippen LogP contribution in [-0.2, 0) is 4.79 Å². The Balaban J connectivity index is 3.35. The van der Waals surface area contributed by atoms with E-state index in [0.29, 0.717) is 6.42 Å². The van der Waals surface area contributed by atoms with E-state index in [4.69, 9.17) is 5.73 Å². The van der Waals surface area contributed by atoms with Gasteiger partial charge >= 0.3 is 0 Å². The van der Waals surface area contributed by atoms with Crippen molar-refractivity contribution in [1.29, 1.82) is 0 Å². The summed E-state index contributed by atoms with van der Waals surface area (Å²) in [6.07, 6.45) is 19.8. The van der Waals surface area contributed by atoms with Gasteiger partial charge < -0.3 is 10.8 Å². The molecular weight excluding hydrogens is 286 g/mol. The predicted molar refractivity (Wildman–Crippen MR) is 99.2 cm³/mol. The van der Waals surface area contributed by atoms with Gasteiger partial charge in [0.15, 0.2) is 0 Å². The van der Waals surface area contributed by atoms with Crippen LogP contribution in [0.3, 0.4) is 0 Å². The SMILES string of the molecule is CCCCCCCC/C=C\CCCCCCC(C(N)=O)C(C)O. The van der Waals surface area contributed by atoms with Crippen LogP contribution in [0.1, 0.15) is 97.3 Å². The first-order valence-corrected chi connectivity index (χ1v) is 9.72. The summed E-state index contributed by atoms with van der Waals surface area (Å²) in [6, 6.07) is 0. The molecule has 0 fully saturated rings. The first-order chi connectivity index (χ1) is 11.1. The second kappa shape index (κ2) is 16.0. The number of hydrogen-bond acceptors (Lipinski definition) is 2. The van der Waals surface area contributed by atoms with Gasteiger partial charge in [-0.25, -0.2) is 0 Å². The minimum Gasteiger partial charge on any atom is -0.393 e. The van der Waals surface area contributed by atoms with Gasteiger partial charge in [0.05, 0.1) is 12.0 Å². The topological polar surface area (TPSA) is 63.3 Å². The normalized spacial score (nSPS) is 14.2. The monoisotopic (exact) mass is 325 g/mol. The van der Waals surface area contributed by atoms with Gasteiger partial charge in [-0.05, 0) is 39.0 Å². The molecule has 0 radical (unpaired) electrons. The van der Waals surface area contributed by atoms with Crippen molar-refractivity contribution < 1.29 is 9.90 Å². The third kappa shape index (κ3) is 14.5. The molecule has 0 aliphatic heterocycles. The first kappa shape index (κ1) is 22.2. The maximum atomic E-state index is 11.2. The van der Waals surface area contributed by atoms with E-state index < -0.39 is 6.10 Å². The van der Waals surface area contributed by atoms with Crippen LogP contribution in [0.4, 0.5) is 0 Å². The molecule has 0 bridgehead atoms. The summed E-state index contributed by atoms with van der Waals surface area (Å²) in [4.78, 5) is 11.2. The van der Waals surface area contributed by atoms with E-state index in [0.717, 1.165) is 19.3 Å². The number of primary amides is 1. The maximum Gasteiger partial charge on any atom is 0.223 e. The standard InChI is InChI=1S/C20H39NO2/c1-3-4-5-6-7-8-9-10-11-12-13-14-15-16-17-19(18(2)22)20(21)23/h10-11,18-19,22H,3-9,12-17H2,1-2H3,(H2,21,23)/b11-10-. The predicted octanol–water partition coefficient (Wildman–Crippen LogP) is 5.12. The third-order valence-corrected chi connectivity index (χ3v) is 4.47. The maximum absolute atomic E-state index is 11.2. The van der Waals surface area contributed by atoms with Crippen LogP contribution >= 0.6 is 0 Å². The lowest BCUT2D eigenvalue weighted by atomic mass is 9.95. The van der Waals surface area contributed by atoms with E-state index in [9.17, 15) is 9.90 Å². The Hall–Kier alpha value is -0.830. The van der Waals surface area contributed by atoms with Crippen molar-refractivity contribution in [3.05, 3.63) is 12.2 Å². The largest absolute Gasteiger partial charge is 0.393 e. The van der Waals surface area contributed by atoms with Gasteiger partial charge in [-0.3, -0.25) is 4.79 Å². The molecule has 0 saturated heterocycles. The van der Waals surface area contributed by atoms with Gasteiger partial charge in [0.1, 0.15) is 0 Å². The molecule has 0 rings (SSSR count).